The summed E-state index contributed by atoms with van der Waals surface area (Å²) >= 11 is 0.980. The van der Waals surface area contributed by atoms with Gasteiger partial charge in [-0.05, 0) is 0 Å². The molecule has 0 unspecified atom stereocenters. The number of carbonyl (C=O) groups excluding carboxylic acids is 1. The zero-order chi connectivity index (χ0) is 13.0. The summed E-state index contributed by atoms with van der Waals surface area (Å²) in [6, 6.07) is 0. The third-order valence-corrected chi connectivity index (χ3v) is 2.80. The van der Waals surface area contributed by atoms with Crippen LogP contribution in [-0.2, 0) is 6.42 Å². The number of carbonyl (C=O) groups is 2. The Morgan fingerprint density at radius 1 is 1.50 bits per heavy atom. The van der Waals surface area contributed by atoms with E-state index in [9.17, 15) is 9.59 Å². The lowest BCUT2D eigenvalue weighted by Gasteiger charge is -1.99. The summed E-state index contributed by atoms with van der Waals surface area (Å²) in [4.78, 5) is 29.7. The lowest BCUT2D eigenvalue weighted by Crippen LogP contribution is -2.26. The molecule has 8 nitrogen and oxygen atoms in total. The van der Waals surface area contributed by atoms with Gasteiger partial charge in [-0.2, -0.15) is 4.98 Å². The Morgan fingerprint density at radius 3 is 2.94 bits per heavy atom. The van der Waals surface area contributed by atoms with Crippen molar-refractivity contribution in [3.63, 3.8) is 0 Å². The van der Waals surface area contributed by atoms with Crippen LogP contribution in [-0.4, -0.2) is 38.7 Å². The monoisotopic (exact) mass is 268 g/mol. The van der Waals surface area contributed by atoms with Crippen molar-refractivity contribution in [2.75, 3.05) is 6.54 Å². The van der Waals surface area contributed by atoms with Crippen molar-refractivity contribution >= 4 is 23.2 Å². The van der Waals surface area contributed by atoms with Crippen LogP contribution in [0.3, 0.4) is 0 Å². The van der Waals surface area contributed by atoms with Gasteiger partial charge in [0, 0.05) is 18.3 Å². The molecule has 0 aliphatic heterocycles. The highest BCUT2D eigenvalue weighted by atomic mass is 32.1. The van der Waals surface area contributed by atoms with Crippen molar-refractivity contribution in [1.29, 1.82) is 0 Å². The number of aromatic carboxylic acids is 1. The van der Waals surface area contributed by atoms with Crippen LogP contribution in [0.4, 0.5) is 0 Å². The number of carboxylic acid groups (broad SMARTS) is 1. The molecule has 0 saturated carbocycles. The Labute approximate surface area is 105 Å². The molecule has 94 valence electrons. The first-order valence-corrected chi connectivity index (χ1v) is 5.77. The van der Waals surface area contributed by atoms with Gasteiger partial charge in [-0.25, -0.2) is 9.78 Å². The number of thiazole rings is 1. The predicted octanol–water partition coefficient (Wildman–Crippen LogP) is 0.197. The number of nitrogens with zero attached hydrogens (tertiary/aromatic N) is 3. The first-order chi connectivity index (χ1) is 8.66. The van der Waals surface area contributed by atoms with Crippen LogP contribution in [0.25, 0.3) is 0 Å². The van der Waals surface area contributed by atoms with Crippen LogP contribution in [0.15, 0.2) is 16.3 Å². The van der Waals surface area contributed by atoms with Crippen LogP contribution >= 0.6 is 11.3 Å². The van der Waals surface area contributed by atoms with E-state index in [1.165, 1.54) is 11.8 Å². The fraction of sp³-hybridized carbons (Fsp3) is 0.222. The highest BCUT2D eigenvalue weighted by Crippen LogP contribution is 2.09. The van der Waals surface area contributed by atoms with Crippen molar-refractivity contribution in [2.45, 2.75) is 6.42 Å². The minimum absolute atomic E-state index is 0.112. The fourth-order valence-corrected chi connectivity index (χ4v) is 1.85. The molecule has 0 spiro atoms. The number of aromatic nitrogens is 3. The van der Waals surface area contributed by atoms with E-state index in [-0.39, 0.29) is 10.7 Å². The molecular weight excluding hydrogens is 260 g/mol. The van der Waals surface area contributed by atoms with Gasteiger partial charge in [-0.3, -0.25) is 4.79 Å². The predicted molar refractivity (Wildman–Crippen MR) is 59.4 cm³/mol. The van der Waals surface area contributed by atoms with E-state index in [1.807, 2.05) is 0 Å². The van der Waals surface area contributed by atoms with Gasteiger partial charge in [0.1, 0.15) is 0 Å². The fourth-order valence-electron chi connectivity index (χ4n) is 1.14. The average molecular weight is 268 g/mol. The Kier molecular flexibility index (Phi) is 3.63. The quantitative estimate of drug-likeness (QED) is 0.794. The van der Waals surface area contributed by atoms with Crippen molar-refractivity contribution < 1.29 is 19.2 Å². The summed E-state index contributed by atoms with van der Waals surface area (Å²) in [7, 11) is 0. The maximum absolute atomic E-state index is 11.6. The summed E-state index contributed by atoms with van der Waals surface area (Å²) in [5, 5.41) is 16.3. The van der Waals surface area contributed by atoms with E-state index in [0.29, 0.717) is 18.8 Å². The highest BCUT2D eigenvalue weighted by molar-refractivity contribution is 7.11. The normalized spacial score (nSPS) is 10.2. The van der Waals surface area contributed by atoms with Crippen LogP contribution < -0.4 is 5.32 Å². The topological polar surface area (TPSA) is 118 Å². The molecule has 9 heteroatoms. The third kappa shape index (κ3) is 2.88. The molecule has 1 amide bonds. The SMILES string of the molecule is O=C(O)c1csc(C(=O)NCCc2ncon2)n1. The van der Waals surface area contributed by atoms with E-state index in [4.69, 9.17) is 5.11 Å². The summed E-state index contributed by atoms with van der Waals surface area (Å²) in [6.07, 6.45) is 1.64. The van der Waals surface area contributed by atoms with Crippen molar-refractivity contribution in [3.8, 4) is 0 Å². The Hall–Kier alpha value is -2.29. The Bertz CT molecular complexity index is 551. The van der Waals surface area contributed by atoms with Gasteiger partial charge in [0.2, 0.25) is 6.39 Å². The second-order valence-electron chi connectivity index (χ2n) is 3.20. The zero-order valence-electron chi connectivity index (χ0n) is 8.99. The molecule has 2 aromatic rings. The maximum atomic E-state index is 11.6. The van der Waals surface area contributed by atoms with Gasteiger partial charge >= 0.3 is 5.97 Å². The highest BCUT2D eigenvalue weighted by Gasteiger charge is 2.14. The molecule has 0 radical (unpaired) electrons. The van der Waals surface area contributed by atoms with E-state index in [1.54, 1.807) is 0 Å². The minimum atomic E-state index is -1.16. The number of nitrogens with one attached hydrogen (secondary N) is 1. The largest absolute Gasteiger partial charge is 0.476 e. The van der Waals surface area contributed by atoms with Gasteiger partial charge < -0.3 is 14.9 Å². The molecule has 0 atom stereocenters. The van der Waals surface area contributed by atoms with Gasteiger partial charge in [-0.15, -0.1) is 11.3 Å². The standard InChI is InChI=1S/C9H8N4O4S/c14-7(8-12-5(3-18-8)9(15)16)10-2-1-6-11-4-17-13-6/h3-4H,1-2H2,(H,10,14)(H,15,16). The van der Waals surface area contributed by atoms with E-state index >= 15 is 0 Å². The smallest absolute Gasteiger partial charge is 0.355 e. The Balaban J connectivity index is 1.85. The number of carboxylic acids is 1. The molecule has 0 bridgehead atoms. The first kappa shape index (κ1) is 12.2. The van der Waals surface area contributed by atoms with E-state index in [2.05, 4.69) is 25.0 Å². The number of hydrogen-bond donors (Lipinski definition) is 2. The maximum Gasteiger partial charge on any atom is 0.355 e. The molecule has 2 heterocycles. The minimum Gasteiger partial charge on any atom is -0.476 e. The van der Waals surface area contributed by atoms with Crippen LogP contribution in [0.5, 0.6) is 0 Å². The lowest BCUT2D eigenvalue weighted by atomic mass is 10.4. The van der Waals surface area contributed by atoms with Crippen LogP contribution in [0.1, 0.15) is 26.1 Å². The number of hydrogen-bond acceptors (Lipinski definition) is 7. The first-order valence-electron chi connectivity index (χ1n) is 4.89. The summed E-state index contributed by atoms with van der Waals surface area (Å²) in [6.45, 7) is 0.320. The molecule has 2 rings (SSSR count). The second-order valence-corrected chi connectivity index (χ2v) is 4.05. The molecule has 18 heavy (non-hydrogen) atoms. The third-order valence-electron chi connectivity index (χ3n) is 1.96. The summed E-state index contributed by atoms with van der Waals surface area (Å²) in [5.74, 6) is -1.09. The molecule has 0 aromatic carbocycles. The van der Waals surface area contributed by atoms with Crippen molar-refractivity contribution in [2.24, 2.45) is 0 Å². The van der Waals surface area contributed by atoms with Gasteiger partial charge in [0.15, 0.2) is 16.5 Å². The van der Waals surface area contributed by atoms with Crippen LogP contribution in [0.2, 0.25) is 0 Å². The number of amides is 1. The molecule has 0 fully saturated rings. The van der Waals surface area contributed by atoms with E-state index < -0.39 is 11.9 Å². The van der Waals surface area contributed by atoms with Gasteiger partial charge in [-0.1, -0.05) is 5.16 Å². The lowest BCUT2D eigenvalue weighted by molar-refractivity contribution is 0.0691. The molecule has 2 N–H and O–H groups in total. The second kappa shape index (κ2) is 5.36. The zero-order valence-corrected chi connectivity index (χ0v) is 9.81. The summed E-state index contributed by atoms with van der Waals surface area (Å²) < 4.78 is 4.54. The Morgan fingerprint density at radius 2 is 2.33 bits per heavy atom. The average Bonchev–Trinajstić information content (AvgIpc) is 2.99. The summed E-state index contributed by atoms with van der Waals surface area (Å²) in [5.41, 5.74) is -0.136. The number of rotatable bonds is 5. The van der Waals surface area contributed by atoms with Gasteiger partial charge in [0.25, 0.3) is 5.91 Å². The molecular formula is C9H8N4O4S. The molecule has 0 aliphatic carbocycles. The molecule has 2 aromatic heterocycles. The van der Waals surface area contributed by atoms with Crippen LogP contribution in [0, 0.1) is 0 Å². The van der Waals surface area contributed by atoms with Gasteiger partial charge in [0.05, 0.1) is 0 Å². The molecule has 0 saturated heterocycles. The molecule has 0 aliphatic rings. The van der Waals surface area contributed by atoms with Crippen molar-refractivity contribution in [1.82, 2.24) is 20.4 Å². The van der Waals surface area contributed by atoms with E-state index in [0.717, 1.165) is 11.3 Å². The van der Waals surface area contributed by atoms with Crippen molar-refractivity contribution in [3.05, 3.63) is 28.3 Å².